The standard InChI is InChI=1S/C17H18FNO2S/c18-15-9-5-4-8-14(15)10-19-17(21)12-22-11-16(20)13-6-2-1-3-7-13/h1-9,16,20H,10-12H2,(H,19,21)/t16-/m0/s1. The number of carbonyl (C=O) groups is 1. The Morgan fingerprint density at radius 2 is 1.82 bits per heavy atom. The Balaban J connectivity index is 1.69. The van der Waals surface area contributed by atoms with Crippen molar-refractivity contribution in [1.29, 1.82) is 0 Å². The van der Waals surface area contributed by atoms with Crippen LogP contribution in [0.4, 0.5) is 4.39 Å². The Kier molecular flexibility index (Phi) is 6.43. The first-order valence-electron chi connectivity index (χ1n) is 6.97. The van der Waals surface area contributed by atoms with E-state index in [4.69, 9.17) is 0 Å². The van der Waals surface area contributed by atoms with E-state index in [1.165, 1.54) is 17.8 Å². The van der Waals surface area contributed by atoms with E-state index < -0.39 is 6.10 Å². The summed E-state index contributed by atoms with van der Waals surface area (Å²) in [5.74, 6) is 0.179. The van der Waals surface area contributed by atoms with E-state index in [9.17, 15) is 14.3 Å². The average molecular weight is 319 g/mol. The predicted molar refractivity (Wildman–Crippen MR) is 87.0 cm³/mol. The summed E-state index contributed by atoms with van der Waals surface area (Å²) in [4.78, 5) is 11.7. The number of amides is 1. The van der Waals surface area contributed by atoms with Crippen LogP contribution in [-0.2, 0) is 11.3 Å². The molecule has 2 rings (SSSR count). The molecule has 0 aliphatic heterocycles. The molecule has 0 aliphatic carbocycles. The van der Waals surface area contributed by atoms with E-state index in [0.29, 0.717) is 11.3 Å². The van der Waals surface area contributed by atoms with E-state index in [1.54, 1.807) is 18.2 Å². The maximum Gasteiger partial charge on any atom is 0.230 e. The monoisotopic (exact) mass is 319 g/mol. The molecule has 0 aliphatic rings. The van der Waals surface area contributed by atoms with Gasteiger partial charge in [0.05, 0.1) is 11.9 Å². The summed E-state index contributed by atoms with van der Waals surface area (Å²) in [6.07, 6.45) is -0.592. The second-order valence-corrected chi connectivity index (χ2v) is 5.84. The first-order valence-corrected chi connectivity index (χ1v) is 8.13. The third kappa shape index (κ3) is 5.16. The summed E-state index contributed by atoms with van der Waals surface area (Å²) < 4.78 is 13.4. The molecule has 0 fully saturated rings. The van der Waals surface area contributed by atoms with Crippen LogP contribution < -0.4 is 5.32 Å². The van der Waals surface area contributed by atoms with Crippen molar-refractivity contribution in [1.82, 2.24) is 5.32 Å². The Labute approximate surface area is 133 Å². The van der Waals surface area contributed by atoms with Crippen molar-refractivity contribution in [3.8, 4) is 0 Å². The normalized spacial score (nSPS) is 11.9. The SMILES string of the molecule is O=C(CSC[C@H](O)c1ccccc1)NCc1ccccc1F. The average Bonchev–Trinajstić information content (AvgIpc) is 2.55. The van der Waals surface area contributed by atoms with Gasteiger partial charge in [0.1, 0.15) is 5.82 Å². The molecule has 0 aromatic heterocycles. The molecule has 2 aromatic carbocycles. The molecule has 2 N–H and O–H groups in total. The summed E-state index contributed by atoms with van der Waals surface area (Å²) >= 11 is 1.35. The number of benzene rings is 2. The van der Waals surface area contributed by atoms with Crippen LogP contribution in [0.25, 0.3) is 0 Å². The smallest absolute Gasteiger partial charge is 0.230 e. The van der Waals surface area contributed by atoms with Crippen LogP contribution in [0, 0.1) is 5.82 Å². The van der Waals surface area contributed by atoms with Gasteiger partial charge < -0.3 is 10.4 Å². The molecule has 22 heavy (non-hydrogen) atoms. The van der Waals surface area contributed by atoms with Gasteiger partial charge >= 0.3 is 0 Å². The van der Waals surface area contributed by atoms with E-state index in [-0.39, 0.29) is 24.0 Å². The van der Waals surface area contributed by atoms with E-state index in [2.05, 4.69) is 5.32 Å². The van der Waals surface area contributed by atoms with Crippen LogP contribution in [0.2, 0.25) is 0 Å². The van der Waals surface area contributed by atoms with Crippen LogP contribution in [0.1, 0.15) is 17.2 Å². The lowest BCUT2D eigenvalue weighted by atomic mass is 10.1. The van der Waals surface area contributed by atoms with Gasteiger partial charge in [0.15, 0.2) is 0 Å². The molecule has 0 saturated heterocycles. The molecule has 0 heterocycles. The van der Waals surface area contributed by atoms with E-state index in [1.807, 2.05) is 30.3 Å². The largest absolute Gasteiger partial charge is 0.388 e. The minimum Gasteiger partial charge on any atom is -0.388 e. The van der Waals surface area contributed by atoms with Crippen LogP contribution in [0.15, 0.2) is 54.6 Å². The predicted octanol–water partition coefficient (Wildman–Crippen LogP) is 2.91. The Bertz CT molecular complexity index is 607. The first-order chi connectivity index (χ1) is 10.7. The van der Waals surface area contributed by atoms with Crippen LogP contribution in [0.3, 0.4) is 0 Å². The van der Waals surface area contributed by atoms with Gasteiger partial charge in [-0.25, -0.2) is 4.39 Å². The van der Waals surface area contributed by atoms with Crippen LogP contribution in [-0.4, -0.2) is 22.5 Å². The fourth-order valence-corrected chi connectivity index (χ4v) is 2.74. The highest BCUT2D eigenvalue weighted by Gasteiger charge is 2.09. The number of hydrogen-bond acceptors (Lipinski definition) is 3. The lowest BCUT2D eigenvalue weighted by molar-refractivity contribution is -0.118. The van der Waals surface area contributed by atoms with E-state index in [0.717, 1.165) is 5.56 Å². The second kappa shape index (κ2) is 8.56. The number of thioether (sulfide) groups is 1. The maximum atomic E-state index is 13.4. The Morgan fingerprint density at radius 1 is 1.14 bits per heavy atom. The van der Waals surface area contributed by atoms with Gasteiger partial charge in [-0.05, 0) is 11.6 Å². The molecule has 0 radical (unpaired) electrons. The van der Waals surface area contributed by atoms with Gasteiger partial charge in [0, 0.05) is 17.9 Å². The zero-order chi connectivity index (χ0) is 15.8. The summed E-state index contributed by atoms with van der Waals surface area (Å²) in [5, 5.41) is 12.6. The number of aliphatic hydroxyl groups excluding tert-OH is 1. The van der Waals surface area contributed by atoms with Gasteiger partial charge in [0.25, 0.3) is 0 Å². The molecule has 0 bridgehead atoms. The third-order valence-electron chi connectivity index (χ3n) is 3.13. The van der Waals surface area contributed by atoms with E-state index >= 15 is 0 Å². The number of halogens is 1. The number of hydrogen-bond donors (Lipinski definition) is 2. The fraction of sp³-hybridized carbons (Fsp3) is 0.235. The number of rotatable bonds is 7. The summed E-state index contributed by atoms with van der Waals surface area (Å²) in [6, 6.07) is 15.7. The zero-order valence-electron chi connectivity index (χ0n) is 12.0. The van der Waals surface area contributed by atoms with Crippen LogP contribution >= 0.6 is 11.8 Å². The minimum atomic E-state index is -0.592. The zero-order valence-corrected chi connectivity index (χ0v) is 12.9. The minimum absolute atomic E-state index is 0.173. The molecule has 5 heteroatoms. The molecular formula is C17H18FNO2S. The Hall–Kier alpha value is -1.85. The Morgan fingerprint density at radius 3 is 2.55 bits per heavy atom. The number of nitrogens with one attached hydrogen (secondary N) is 1. The third-order valence-corrected chi connectivity index (χ3v) is 4.14. The molecule has 3 nitrogen and oxygen atoms in total. The number of carbonyl (C=O) groups excluding carboxylic acids is 1. The van der Waals surface area contributed by atoms with Gasteiger partial charge in [-0.2, -0.15) is 0 Å². The molecule has 0 spiro atoms. The van der Waals surface area contributed by atoms with Crippen molar-refractivity contribution >= 4 is 17.7 Å². The van der Waals surface area contributed by atoms with Crippen molar-refractivity contribution in [3.63, 3.8) is 0 Å². The lowest BCUT2D eigenvalue weighted by Crippen LogP contribution is -2.25. The van der Waals surface area contributed by atoms with Gasteiger partial charge in [-0.1, -0.05) is 48.5 Å². The molecule has 0 saturated carbocycles. The van der Waals surface area contributed by atoms with Crippen LogP contribution in [0.5, 0.6) is 0 Å². The van der Waals surface area contributed by atoms with Crippen molar-refractivity contribution in [2.75, 3.05) is 11.5 Å². The fourth-order valence-electron chi connectivity index (χ4n) is 1.92. The topological polar surface area (TPSA) is 49.3 Å². The lowest BCUT2D eigenvalue weighted by Gasteiger charge is -2.10. The van der Waals surface area contributed by atoms with Crippen molar-refractivity contribution in [3.05, 3.63) is 71.5 Å². The number of aliphatic hydroxyl groups is 1. The highest BCUT2D eigenvalue weighted by molar-refractivity contribution is 7.99. The van der Waals surface area contributed by atoms with Gasteiger partial charge in [-0.3, -0.25) is 4.79 Å². The second-order valence-electron chi connectivity index (χ2n) is 4.81. The highest BCUT2D eigenvalue weighted by atomic mass is 32.2. The van der Waals surface area contributed by atoms with Gasteiger partial charge in [0.2, 0.25) is 5.91 Å². The summed E-state index contributed by atoms with van der Waals surface area (Å²) in [5.41, 5.74) is 1.30. The molecule has 0 unspecified atom stereocenters. The maximum absolute atomic E-state index is 13.4. The molecular weight excluding hydrogens is 301 g/mol. The molecule has 116 valence electrons. The summed E-state index contributed by atoms with van der Waals surface area (Å²) in [6.45, 7) is 0.174. The molecule has 1 atom stereocenters. The van der Waals surface area contributed by atoms with Crippen molar-refractivity contribution in [2.45, 2.75) is 12.6 Å². The summed E-state index contributed by atoms with van der Waals surface area (Å²) in [7, 11) is 0. The van der Waals surface area contributed by atoms with Crippen molar-refractivity contribution in [2.24, 2.45) is 0 Å². The quantitative estimate of drug-likeness (QED) is 0.825. The molecule has 1 amide bonds. The first kappa shape index (κ1) is 16.5. The highest BCUT2D eigenvalue weighted by Crippen LogP contribution is 2.17. The molecule has 2 aromatic rings. The van der Waals surface area contributed by atoms with Crippen molar-refractivity contribution < 1.29 is 14.3 Å². The van der Waals surface area contributed by atoms with Gasteiger partial charge in [-0.15, -0.1) is 11.8 Å².